The molecule has 0 saturated heterocycles. The Morgan fingerprint density at radius 3 is 2.59 bits per heavy atom. The van der Waals surface area contributed by atoms with E-state index in [0.29, 0.717) is 12.8 Å². The highest BCUT2D eigenvalue weighted by Crippen LogP contribution is 2.38. The molecule has 1 aromatic carbocycles. The Hall–Kier alpha value is -2.32. The van der Waals surface area contributed by atoms with Crippen molar-refractivity contribution in [1.29, 1.82) is 0 Å². The molecule has 1 aliphatic carbocycles. The van der Waals surface area contributed by atoms with E-state index < -0.39 is 30.7 Å². The Bertz CT molecular complexity index is 675. The maximum absolute atomic E-state index is 13.1. The number of methoxy groups -OCH3 is 1. The number of hydrogen-bond acceptors (Lipinski definition) is 3. The molecule has 2 atom stereocenters. The second kappa shape index (κ2) is 9.05. The molecule has 9 heteroatoms. The van der Waals surface area contributed by atoms with Crippen LogP contribution in [0.25, 0.3) is 6.08 Å². The largest absolute Gasteiger partial charge is 0.493 e. The first kappa shape index (κ1) is 21.0. The van der Waals surface area contributed by atoms with Gasteiger partial charge in [-0.25, -0.2) is 0 Å². The topological polar surface area (TPSA) is 47.6 Å². The van der Waals surface area contributed by atoms with Gasteiger partial charge >= 0.3 is 12.8 Å². The van der Waals surface area contributed by atoms with Crippen LogP contribution < -0.4 is 14.8 Å². The van der Waals surface area contributed by atoms with Crippen LogP contribution in [0.3, 0.4) is 0 Å². The number of carbonyl (C=O) groups excluding carboxylic acids is 1. The number of carbonyl (C=O) groups is 1. The summed E-state index contributed by atoms with van der Waals surface area (Å²) in [6.45, 7) is -3.10. The summed E-state index contributed by atoms with van der Waals surface area (Å²) < 4.78 is 73.8. The standard InChI is InChI=1S/C18H20F5NO3/c1-26-14-8-4-5-11(16(14)27-17(19)20)9-10-15(25)24-13-7-3-2-6-12(13)18(21,22)23/h4-5,8-10,12-13,17H,2-3,6-7H2,1H3,(H,24,25)/b10-9+. The summed E-state index contributed by atoms with van der Waals surface area (Å²) >= 11 is 0. The first-order chi connectivity index (χ1) is 12.7. The third kappa shape index (κ3) is 5.83. The van der Waals surface area contributed by atoms with Gasteiger partial charge in [-0.2, -0.15) is 22.0 Å². The average molecular weight is 393 g/mol. The highest BCUT2D eigenvalue weighted by atomic mass is 19.4. The van der Waals surface area contributed by atoms with Crippen LogP contribution in [0, 0.1) is 5.92 Å². The fraction of sp³-hybridized carbons (Fsp3) is 0.500. The lowest BCUT2D eigenvalue weighted by molar-refractivity contribution is -0.188. The molecule has 0 aromatic heterocycles. The van der Waals surface area contributed by atoms with Gasteiger partial charge in [0.05, 0.1) is 13.0 Å². The van der Waals surface area contributed by atoms with Crippen LogP contribution in [0.1, 0.15) is 31.2 Å². The highest BCUT2D eigenvalue weighted by molar-refractivity contribution is 5.92. The number of nitrogens with one attached hydrogen (secondary N) is 1. The molecule has 150 valence electrons. The normalized spacial score (nSPS) is 20.7. The molecule has 0 radical (unpaired) electrons. The summed E-state index contributed by atoms with van der Waals surface area (Å²) in [6.07, 6.45) is -0.916. The second-order valence-corrected chi connectivity index (χ2v) is 6.14. The smallest absolute Gasteiger partial charge is 0.393 e. The zero-order chi connectivity index (χ0) is 20.0. The van der Waals surface area contributed by atoms with Gasteiger partial charge in [0.1, 0.15) is 0 Å². The maximum Gasteiger partial charge on any atom is 0.393 e. The van der Waals surface area contributed by atoms with E-state index in [0.717, 1.165) is 6.08 Å². The van der Waals surface area contributed by atoms with Gasteiger partial charge in [-0.15, -0.1) is 0 Å². The Balaban J connectivity index is 2.12. The van der Waals surface area contributed by atoms with Crippen LogP contribution in [0.2, 0.25) is 0 Å². The predicted octanol–water partition coefficient (Wildman–Crippen LogP) is 4.55. The zero-order valence-corrected chi connectivity index (χ0v) is 14.6. The van der Waals surface area contributed by atoms with Gasteiger partial charge in [-0.3, -0.25) is 4.79 Å². The van der Waals surface area contributed by atoms with E-state index in [1.165, 1.54) is 31.4 Å². The SMILES string of the molecule is COc1cccc(/C=C/C(=O)NC2CCCCC2C(F)(F)F)c1OC(F)F. The molecule has 0 bridgehead atoms. The molecule has 2 unspecified atom stereocenters. The molecule has 2 rings (SSSR count). The molecule has 1 aromatic rings. The lowest BCUT2D eigenvalue weighted by Gasteiger charge is -2.33. The van der Waals surface area contributed by atoms with Crippen LogP contribution in [0.15, 0.2) is 24.3 Å². The Morgan fingerprint density at radius 1 is 1.26 bits per heavy atom. The van der Waals surface area contributed by atoms with Crippen LogP contribution in [0.5, 0.6) is 11.5 Å². The first-order valence-corrected chi connectivity index (χ1v) is 8.39. The highest BCUT2D eigenvalue weighted by Gasteiger charge is 2.45. The van der Waals surface area contributed by atoms with Crippen molar-refractivity contribution in [3.8, 4) is 11.5 Å². The molecule has 1 N–H and O–H groups in total. The predicted molar refractivity (Wildman–Crippen MR) is 88.6 cm³/mol. The number of alkyl halides is 5. The van der Waals surface area contributed by atoms with Crippen molar-refractivity contribution in [2.24, 2.45) is 5.92 Å². The molecule has 1 amide bonds. The minimum absolute atomic E-state index is 0.0274. The molecule has 27 heavy (non-hydrogen) atoms. The fourth-order valence-corrected chi connectivity index (χ4v) is 3.13. The summed E-state index contributed by atoms with van der Waals surface area (Å²) in [4.78, 5) is 12.1. The lowest BCUT2D eigenvalue weighted by Crippen LogP contribution is -2.47. The van der Waals surface area contributed by atoms with Gasteiger partial charge < -0.3 is 14.8 Å². The van der Waals surface area contributed by atoms with Gasteiger partial charge in [0.25, 0.3) is 0 Å². The molecule has 0 aliphatic heterocycles. The van der Waals surface area contributed by atoms with Crippen molar-refractivity contribution < 1.29 is 36.2 Å². The minimum atomic E-state index is -4.38. The molecule has 4 nitrogen and oxygen atoms in total. The Morgan fingerprint density at radius 2 is 1.96 bits per heavy atom. The zero-order valence-electron chi connectivity index (χ0n) is 14.6. The quantitative estimate of drug-likeness (QED) is 0.570. The number of halogens is 5. The molecule has 0 heterocycles. The van der Waals surface area contributed by atoms with E-state index >= 15 is 0 Å². The number of ether oxygens (including phenoxy) is 2. The summed E-state index contributed by atoms with van der Waals surface area (Å²) in [6, 6.07) is 3.34. The van der Waals surface area contributed by atoms with Gasteiger partial charge in [0.15, 0.2) is 11.5 Å². The molecule has 1 aliphatic rings. The van der Waals surface area contributed by atoms with Crippen LogP contribution in [0.4, 0.5) is 22.0 Å². The number of amides is 1. The fourth-order valence-electron chi connectivity index (χ4n) is 3.13. The van der Waals surface area contributed by atoms with Crippen molar-refractivity contribution in [2.45, 2.75) is 44.5 Å². The third-order valence-electron chi connectivity index (χ3n) is 4.36. The van der Waals surface area contributed by atoms with E-state index in [2.05, 4.69) is 10.1 Å². The van der Waals surface area contributed by atoms with Crippen LogP contribution >= 0.6 is 0 Å². The van der Waals surface area contributed by atoms with Crippen molar-refractivity contribution in [1.82, 2.24) is 5.32 Å². The van der Waals surface area contributed by atoms with Crippen molar-refractivity contribution in [2.75, 3.05) is 7.11 Å². The monoisotopic (exact) mass is 393 g/mol. The van der Waals surface area contributed by atoms with E-state index in [1.54, 1.807) is 0 Å². The molecule has 1 saturated carbocycles. The summed E-state index contributed by atoms with van der Waals surface area (Å²) in [5, 5.41) is 2.37. The minimum Gasteiger partial charge on any atom is -0.493 e. The van der Waals surface area contributed by atoms with Gasteiger partial charge in [0, 0.05) is 17.7 Å². The number of benzene rings is 1. The summed E-state index contributed by atoms with van der Waals surface area (Å²) in [5.41, 5.74) is 0.140. The van der Waals surface area contributed by atoms with Gasteiger partial charge in [-0.1, -0.05) is 25.0 Å². The van der Waals surface area contributed by atoms with Crippen LogP contribution in [-0.4, -0.2) is 31.8 Å². The van der Waals surface area contributed by atoms with E-state index in [4.69, 9.17) is 4.74 Å². The second-order valence-electron chi connectivity index (χ2n) is 6.14. The average Bonchev–Trinajstić information content (AvgIpc) is 2.60. The number of hydrogen-bond donors (Lipinski definition) is 1. The van der Waals surface area contributed by atoms with Crippen molar-refractivity contribution >= 4 is 12.0 Å². The van der Waals surface area contributed by atoms with Crippen molar-refractivity contribution in [3.05, 3.63) is 29.8 Å². The molecule has 0 spiro atoms. The van der Waals surface area contributed by atoms with Crippen molar-refractivity contribution in [3.63, 3.8) is 0 Å². The number of rotatable bonds is 6. The Kier molecular flexibility index (Phi) is 7.04. The van der Waals surface area contributed by atoms with E-state index in [9.17, 15) is 26.7 Å². The van der Waals surface area contributed by atoms with E-state index in [-0.39, 0.29) is 29.9 Å². The van der Waals surface area contributed by atoms with Crippen LogP contribution in [-0.2, 0) is 4.79 Å². The van der Waals surface area contributed by atoms with Gasteiger partial charge in [0.2, 0.25) is 5.91 Å². The molecule has 1 fully saturated rings. The summed E-state index contributed by atoms with van der Waals surface area (Å²) in [7, 11) is 1.27. The first-order valence-electron chi connectivity index (χ1n) is 8.39. The van der Waals surface area contributed by atoms with Gasteiger partial charge in [-0.05, 0) is 25.0 Å². The number of para-hydroxylation sites is 1. The maximum atomic E-state index is 13.1. The molecular weight excluding hydrogens is 373 g/mol. The lowest BCUT2D eigenvalue weighted by atomic mass is 9.84. The van der Waals surface area contributed by atoms with E-state index in [1.807, 2.05) is 0 Å². The third-order valence-corrected chi connectivity index (χ3v) is 4.36. The summed E-state index contributed by atoms with van der Waals surface area (Å²) in [5.74, 6) is -2.53. The molecular formula is C18H20F5NO3. The Labute approximate surface area is 153 Å².